The first-order valence-corrected chi connectivity index (χ1v) is 16.7. The van der Waals surface area contributed by atoms with Crippen molar-refractivity contribution in [3.8, 4) is 11.1 Å². The van der Waals surface area contributed by atoms with E-state index in [1.54, 1.807) is 0 Å². The monoisotopic (exact) mass is 608 g/mol. The topological polar surface area (TPSA) is 20.1 Å². The minimum atomic E-state index is -0.460. The zero-order valence-corrected chi connectivity index (χ0v) is 26.0. The Morgan fingerprint density at radius 3 is 1.65 bits per heavy atom. The summed E-state index contributed by atoms with van der Waals surface area (Å²) < 4.78 is 0. The number of aromatic amines is 1. The summed E-state index contributed by atoms with van der Waals surface area (Å²) in [4.78, 5) is 8.06. The maximum Gasteiger partial charge on any atom is 0.193 e. The molecule has 0 aliphatic heterocycles. The fourth-order valence-electron chi connectivity index (χ4n) is 9.76. The molecule has 0 saturated carbocycles. The molecular weight excluding hydrogens is 581 g/mol. The van der Waals surface area contributed by atoms with E-state index in [9.17, 15) is 0 Å². The third kappa shape index (κ3) is 3.03. The number of nitrogens with zero attached hydrogens (tertiary/aromatic N) is 1. The zero-order chi connectivity index (χ0) is 31.6. The van der Waals surface area contributed by atoms with E-state index in [1.807, 2.05) is 0 Å². The third-order valence-electron chi connectivity index (χ3n) is 11.5. The van der Waals surface area contributed by atoms with E-state index in [0.717, 1.165) is 16.7 Å². The van der Waals surface area contributed by atoms with Crippen LogP contribution < -0.4 is 0 Å². The Bertz CT molecular complexity index is 2600. The van der Waals surface area contributed by atoms with Crippen molar-refractivity contribution in [2.24, 2.45) is 0 Å². The van der Waals surface area contributed by atoms with Gasteiger partial charge in [0.1, 0.15) is 0 Å². The van der Waals surface area contributed by atoms with Gasteiger partial charge in [-0.25, -0.2) is 4.85 Å². The number of rotatable bonds is 2. The van der Waals surface area contributed by atoms with Gasteiger partial charge < -0.3 is 4.98 Å². The summed E-state index contributed by atoms with van der Waals surface area (Å²) in [5.41, 5.74) is 18.0. The lowest BCUT2D eigenvalue weighted by Crippen LogP contribution is -2.28. The Labute approximate surface area is 278 Å². The van der Waals surface area contributed by atoms with Crippen LogP contribution >= 0.6 is 0 Å². The lowest BCUT2D eigenvalue weighted by Gasteiger charge is -2.43. The van der Waals surface area contributed by atoms with Crippen LogP contribution in [0.25, 0.3) is 37.8 Å². The third-order valence-corrected chi connectivity index (χ3v) is 11.5. The van der Waals surface area contributed by atoms with Crippen molar-refractivity contribution in [2.75, 3.05) is 0 Å². The van der Waals surface area contributed by atoms with Crippen LogP contribution in [0.1, 0.15) is 67.5 Å². The first kappa shape index (κ1) is 26.0. The summed E-state index contributed by atoms with van der Waals surface area (Å²) in [5, 5.41) is 2.48. The molecule has 0 fully saturated rings. The van der Waals surface area contributed by atoms with Crippen molar-refractivity contribution < 1.29 is 0 Å². The van der Waals surface area contributed by atoms with E-state index >= 15 is 0 Å². The van der Waals surface area contributed by atoms with Crippen LogP contribution in [0.3, 0.4) is 0 Å². The van der Waals surface area contributed by atoms with Gasteiger partial charge in [-0.05, 0) is 85.0 Å². The number of benzene rings is 7. The SMILES string of the molecule is [C-]#[N+]c1cc2[nH]c3cc4c(cc3c2c2c1C1c3ccccc3C2c2ccccc21)-c1ccccc1C4(c1ccccc1)c1ccccc1. The van der Waals surface area contributed by atoms with Gasteiger partial charge in [0.25, 0.3) is 0 Å². The van der Waals surface area contributed by atoms with Gasteiger partial charge in [0.2, 0.25) is 0 Å². The number of hydrogen-bond donors (Lipinski definition) is 1. The second kappa shape index (κ2) is 9.22. The van der Waals surface area contributed by atoms with Crippen molar-refractivity contribution in [1.29, 1.82) is 0 Å². The number of fused-ring (bicyclic) bond motifs is 6. The molecule has 2 nitrogen and oxygen atoms in total. The second-order valence-electron chi connectivity index (χ2n) is 13.5. The molecule has 48 heavy (non-hydrogen) atoms. The average Bonchev–Trinajstić information content (AvgIpc) is 3.66. The summed E-state index contributed by atoms with van der Waals surface area (Å²) in [6.07, 6.45) is 0. The summed E-state index contributed by atoms with van der Waals surface area (Å²) >= 11 is 0. The van der Waals surface area contributed by atoms with Crippen LogP contribution in [-0.4, -0.2) is 4.98 Å². The molecule has 8 aromatic rings. The Morgan fingerprint density at radius 1 is 0.500 bits per heavy atom. The average molecular weight is 609 g/mol. The number of hydrogen-bond acceptors (Lipinski definition) is 0. The molecule has 1 heterocycles. The highest BCUT2D eigenvalue weighted by molar-refractivity contribution is 6.14. The van der Waals surface area contributed by atoms with E-state index in [4.69, 9.17) is 6.57 Å². The molecule has 0 amide bonds. The Hall–Kier alpha value is -6.17. The van der Waals surface area contributed by atoms with Gasteiger partial charge in [0.05, 0.1) is 12.0 Å². The molecule has 0 spiro atoms. The van der Waals surface area contributed by atoms with Crippen molar-refractivity contribution in [1.82, 2.24) is 4.98 Å². The Morgan fingerprint density at radius 2 is 1.04 bits per heavy atom. The molecule has 222 valence electrons. The quantitative estimate of drug-likeness (QED) is 0.188. The zero-order valence-electron chi connectivity index (χ0n) is 26.0. The first-order valence-electron chi connectivity index (χ1n) is 16.7. The van der Waals surface area contributed by atoms with Gasteiger partial charge in [-0.15, -0.1) is 0 Å². The van der Waals surface area contributed by atoms with E-state index in [2.05, 4.69) is 161 Å². The van der Waals surface area contributed by atoms with Crippen LogP contribution in [0.15, 0.2) is 152 Å². The molecule has 0 atom stereocenters. The lowest BCUT2D eigenvalue weighted by molar-refractivity contribution is 0.764. The normalized spacial score (nSPS) is 17.3. The summed E-state index contributed by atoms with van der Waals surface area (Å²) in [6.45, 7) is 8.38. The minimum absolute atomic E-state index is 0.0508. The summed E-state index contributed by atoms with van der Waals surface area (Å²) in [6, 6.07) is 55.7. The highest BCUT2D eigenvalue weighted by Gasteiger charge is 2.47. The molecule has 1 N–H and O–H groups in total. The molecule has 0 unspecified atom stereocenters. The van der Waals surface area contributed by atoms with E-state index < -0.39 is 5.41 Å². The van der Waals surface area contributed by atoms with Crippen LogP contribution in [0.5, 0.6) is 0 Å². The van der Waals surface area contributed by atoms with Gasteiger partial charge in [0, 0.05) is 33.6 Å². The Balaban J connectivity index is 1.28. The predicted molar refractivity (Wildman–Crippen MR) is 194 cm³/mol. The van der Waals surface area contributed by atoms with Crippen LogP contribution in [0, 0.1) is 6.57 Å². The van der Waals surface area contributed by atoms with Crippen LogP contribution in [0.2, 0.25) is 0 Å². The van der Waals surface area contributed by atoms with Crippen LogP contribution in [0.4, 0.5) is 5.69 Å². The molecule has 2 heteroatoms. The minimum Gasteiger partial charge on any atom is -0.356 e. The number of nitrogens with one attached hydrogen (secondary N) is 1. The summed E-state index contributed by atoms with van der Waals surface area (Å²) in [5.74, 6) is 0.128. The highest BCUT2D eigenvalue weighted by atomic mass is 14.7. The fraction of sp³-hybridized carbons (Fsp3) is 0.0652. The molecular formula is C46H28N2. The first-order chi connectivity index (χ1) is 23.8. The standard InChI is InChI=1S/C46H28N2/c1-47-39-26-40-43(45-42-32-21-10-8-19-30(32)41(44(39)45)31-20-9-11-22-33(31)42)35-24-34-29-18-12-13-23-36(29)46(27-14-4-2-5-15-27,28-16-6-3-7-17-28)37(34)25-38(35)48-40/h2-26,41-42,48H. The maximum absolute atomic E-state index is 8.38. The van der Waals surface area contributed by atoms with Crippen molar-refractivity contribution in [2.45, 2.75) is 17.3 Å². The molecule has 12 rings (SSSR count). The van der Waals surface area contributed by atoms with Crippen LogP contribution in [-0.2, 0) is 5.41 Å². The Kier molecular flexibility index (Phi) is 4.98. The van der Waals surface area contributed by atoms with Crippen molar-refractivity contribution >= 4 is 27.5 Å². The largest absolute Gasteiger partial charge is 0.356 e. The van der Waals surface area contributed by atoms with Gasteiger partial charge in [0.15, 0.2) is 5.69 Å². The molecule has 4 aliphatic carbocycles. The molecule has 0 radical (unpaired) electrons. The predicted octanol–water partition coefficient (Wildman–Crippen LogP) is 11.2. The molecule has 2 bridgehead atoms. The van der Waals surface area contributed by atoms with Crippen molar-refractivity contribution in [3.63, 3.8) is 0 Å². The maximum atomic E-state index is 8.38. The molecule has 4 aliphatic rings. The fourth-order valence-corrected chi connectivity index (χ4v) is 9.76. The van der Waals surface area contributed by atoms with E-state index in [0.29, 0.717) is 0 Å². The van der Waals surface area contributed by atoms with Gasteiger partial charge >= 0.3 is 0 Å². The smallest absolute Gasteiger partial charge is 0.193 e. The lowest BCUT2D eigenvalue weighted by atomic mass is 9.60. The van der Waals surface area contributed by atoms with Gasteiger partial charge in [-0.2, -0.15) is 0 Å². The van der Waals surface area contributed by atoms with Gasteiger partial charge in [-0.3, -0.25) is 0 Å². The molecule has 0 saturated heterocycles. The van der Waals surface area contributed by atoms with Gasteiger partial charge in [-0.1, -0.05) is 133 Å². The molecule has 1 aromatic heterocycles. The number of H-pyrrole nitrogens is 1. The van der Waals surface area contributed by atoms with E-state index in [1.165, 1.54) is 77.5 Å². The number of aromatic nitrogens is 1. The van der Waals surface area contributed by atoms with E-state index in [-0.39, 0.29) is 11.8 Å². The second-order valence-corrected chi connectivity index (χ2v) is 13.5. The molecule has 7 aromatic carbocycles. The summed E-state index contributed by atoms with van der Waals surface area (Å²) in [7, 11) is 0. The van der Waals surface area contributed by atoms with Crippen molar-refractivity contribution in [3.05, 3.63) is 219 Å². The highest BCUT2D eigenvalue weighted by Crippen LogP contribution is 2.61.